The average Bonchev–Trinajstić information content (AvgIpc) is 2.48. The van der Waals surface area contributed by atoms with Crippen LogP contribution in [0.4, 0.5) is 52.7 Å². The molecule has 0 N–H and O–H groups in total. The van der Waals surface area contributed by atoms with E-state index in [-0.39, 0.29) is 12.1 Å². The van der Waals surface area contributed by atoms with E-state index in [2.05, 4.69) is 0 Å². The zero-order chi connectivity index (χ0) is 24.9. The van der Waals surface area contributed by atoms with Gasteiger partial charge >= 0.3 is 24.0 Å². The van der Waals surface area contributed by atoms with Crippen molar-refractivity contribution in [3.63, 3.8) is 0 Å². The quantitative estimate of drug-likeness (QED) is 0.528. The van der Waals surface area contributed by atoms with Crippen molar-refractivity contribution in [2.45, 2.75) is 28.6 Å². The summed E-state index contributed by atoms with van der Waals surface area (Å²) < 4.78 is 199. The Morgan fingerprint density at radius 2 is 1.00 bits per heavy atom. The summed E-state index contributed by atoms with van der Waals surface area (Å²) in [7, 11) is -14.1. The molecular weight excluding hydrogens is 512 g/mol. The summed E-state index contributed by atoms with van der Waals surface area (Å²) in [6.07, 6.45) is -22.3. The number of benzene rings is 1. The van der Waals surface area contributed by atoms with Gasteiger partial charge < -0.3 is 0 Å². The van der Waals surface area contributed by atoms with E-state index < -0.39 is 65.0 Å². The zero-order valence-corrected chi connectivity index (χ0v) is 15.8. The van der Waals surface area contributed by atoms with E-state index in [1.165, 1.54) is 0 Å². The lowest BCUT2D eigenvalue weighted by molar-refractivity contribution is -0.418. The number of sulfone groups is 2. The first-order chi connectivity index (χ1) is 13.4. The van der Waals surface area contributed by atoms with E-state index in [0.29, 0.717) is 12.1 Å². The summed E-state index contributed by atoms with van der Waals surface area (Å²) in [5.41, 5.74) is -15.1. The number of hydrogen-bond acceptors (Lipinski definition) is 4. The monoisotopic (exact) mass is 520 g/mol. The first-order valence-electron chi connectivity index (χ1n) is 7.20. The molecule has 0 aromatic heterocycles. The molecule has 0 aliphatic heterocycles. The molecule has 0 bridgehead atoms. The molecule has 0 aliphatic carbocycles. The van der Waals surface area contributed by atoms with E-state index in [0.717, 1.165) is 6.07 Å². The second kappa shape index (κ2) is 7.70. The van der Waals surface area contributed by atoms with Crippen molar-refractivity contribution in [2.75, 3.05) is 5.75 Å². The highest BCUT2D eigenvalue weighted by Crippen LogP contribution is 2.61. The van der Waals surface area contributed by atoms with Gasteiger partial charge in [0.25, 0.3) is 15.3 Å². The van der Waals surface area contributed by atoms with Gasteiger partial charge in [0.15, 0.2) is 14.4 Å². The van der Waals surface area contributed by atoms with Crippen LogP contribution >= 0.6 is 0 Å². The van der Waals surface area contributed by atoms with Crippen LogP contribution in [-0.2, 0) is 19.7 Å². The van der Waals surface area contributed by atoms with Crippen LogP contribution in [-0.4, -0.2) is 46.6 Å². The SMILES string of the molecule is O=S(=O)(CC(C(F)(F)F)(C(F)(F)F)C(F)(F)F)C(c1ccccc1)S(=O)(=O)C(F)(F)F. The highest BCUT2D eigenvalue weighted by molar-refractivity contribution is 8.08. The van der Waals surface area contributed by atoms with Crippen LogP contribution in [0, 0.1) is 5.41 Å². The van der Waals surface area contributed by atoms with Crippen molar-refractivity contribution in [1.82, 2.24) is 0 Å². The molecule has 1 aromatic rings. The van der Waals surface area contributed by atoms with Crippen molar-refractivity contribution in [3.05, 3.63) is 35.9 Å². The molecule has 0 heterocycles. The fourth-order valence-corrected chi connectivity index (χ4v) is 7.07. The largest absolute Gasteiger partial charge is 0.499 e. The molecule has 0 spiro atoms. The van der Waals surface area contributed by atoms with Gasteiger partial charge in [0.2, 0.25) is 0 Å². The van der Waals surface area contributed by atoms with E-state index in [1.807, 2.05) is 0 Å². The van der Waals surface area contributed by atoms with Crippen LogP contribution in [0.1, 0.15) is 10.1 Å². The van der Waals surface area contributed by atoms with Crippen molar-refractivity contribution >= 4 is 19.7 Å². The second-order valence-corrected chi connectivity index (χ2v) is 10.3. The molecule has 0 saturated carbocycles. The highest BCUT2D eigenvalue weighted by Gasteiger charge is 2.85. The molecular formula is C13H8F12O4S2. The smallest absolute Gasteiger partial charge is 0.227 e. The molecule has 1 atom stereocenters. The van der Waals surface area contributed by atoms with E-state index in [1.54, 1.807) is 0 Å². The van der Waals surface area contributed by atoms with Gasteiger partial charge in [-0.2, -0.15) is 52.7 Å². The third-order valence-corrected chi connectivity index (χ3v) is 8.75. The highest BCUT2D eigenvalue weighted by atomic mass is 32.3. The molecule has 1 rings (SSSR count). The van der Waals surface area contributed by atoms with Gasteiger partial charge in [0, 0.05) is 0 Å². The molecule has 1 unspecified atom stereocenters. The van der Waals surface area contributed by atoms with Gasteiger partial charge in [-0.05, 0) is 5.56 Å². The van der Waals surface area contributed by atoms with Crippen LogP contribution in [0.3, 0.4) is 0 Å². The fourth-order valence-electron chi connectivity index (χ4n) is 2.42. The first kappa shape index (κ1) is 27.3. The van der Waals surface area contributed by atoms with Crippen molar-refractivity contribution in [3.8, 4) is 0 Å². The molecule has 0 amide bonds. The van der Waals surface area contributed by atoms with E-state index in [9.17, 15) is 69.5 Å². The van der Waals surface area contributed by atoms with Crippen molar-refractivity contribution in [2.24, 2.45) is 5.41 Å². The maximum Gasteiger partial charge on any atom is 0.499 e. The van der Waals surface area contributed by atoms with Crippen LogP contribution < -0.4 is 0 Å². The summed E-state index contributed by atoms with van der Waals surface area (Å²) in [5.74, 6) is -4.09. The molecule has 1 aromatic carbocycles. The predicted molar refractivity (Wildman–Crippen MR) is 78.5 cm³/mol. The van der Waals surface area contributed by atoms with Crippen LogP contribution in [0.2, 0.25) is 0 Å². The Morgan fingerprint density at radius 1 is 0.645 bits per heavy atom. The normalized spacial score (nSPS) is 16.3. The van der Waals surface area contributed by atoms with Crippen molar-refractivity contribution < 1.29 is 69.5 Å². The van der Waals surface area contributed by atoms with Crippen LogP contribution in [0.25, 0.3) is 0 Å². The molecule has 0 saturated heterocycles. The molecule has 31 heavy (non-hydrogen) atoms. The Morgan fingerprint density at radius 3 is 1.29 bits per heavy atom. The lowest BCUT2D eigenvalue weighted by Crippen LogP contribution is -2.63. The van der Waals surface area contributed by atoms with Crippen LogP contribution in [0.15, 0.2) is 30.3 Å². The summed E-state index contributed by atoms with van der Waals surface area (Å²) in [5, 5.41) is 0. The molecule has 0 aliphatic rings. The summed E-state index contributed by atoms with van der Waals surface area (Å²) in [6.45, 7) is 0. The van der Waals surface area contributed by atoms with Crippen molar-refractivity contribution in [1.29, 1.82) is 0 Å². The minimum Gasteiger partial charge on any atom is -0.227 e. The van der Waals surface area contributed by atoms with Crippen LogP contribution in [0.5, 0.6) is 0 Å². The van der Waals surface area contributed by atoms with Gasteiger partial charge in [0.1, 0.15) is 0 Å². The van der Waals surface area contributed by atoms with Gasteiger partial charge in [0.05, 0.1) is 5.75 Å². The summed E-state index contributed by atoms with van der Waals surface area (Å²) >= 11 is 0. The predicted octanol–water partition coefficient (Wildman–Crippen LogP) is 4.71. The topological polar surface area (TPSA) is 68.3 Å². The van der Waals surface area contributed by atoms with E-state index >= 15 is 0 Å². The molecule has 0 radical (unpaired) electrons. The molecule has 18 heteroatoms. The first-order valence-corrected chi connectivity index (χ1v) is 10.5. The van der Waals surface area contributed by atoms with Gasteiger partial charge in [-0.3, -0.25) is 0 Å². The Kier molecular flexibility index (Phi) is 6.78. The summed E-state index contributed by atoms with van der Waals surface area (Å²) in [6, 6.07) is 2.80. The average molecular weight is 520 g/mol. The number of rotatable bonds is 5. The summed E-state index contributed by atoms with van der Waals surface area (Å²) in [4.78, 5) is 0. The molecule has 0 fully saturated rings. The van der Waals surface area contributed by atoms with Gasteiger partial charge in [-0.1, -0.05) is 30.3 Å². The minimum atomic E-state index is -7.43. The van der Waals surface area contributed by atoms with E-state index in [4.69, 9.17) is 0 Å². The lowest BCUT2D eigenvalue weighted by Gasteiger charge is -2.38. The number of halogens is 12. The fraction of sp³-hybridized carbons (Fsp3) is 0.538. The maximum atomic E-state index is 13.0. The standard InChI is InChI=1S/C13H8F12O4S2/c14-10(15,16)9(11(17,18)19,12(20,21)22)6-30(26,27)8(7-4-2-1-3-5-7)31(28,29)13(23,24)25/h1-5,8H,6H2. The zero-order valence-electron chi connectivity index (χ0n) is 14.2. The Balaban J connectivity index is 3.99. The third kappa shape index (κ3) is 4.73. The lowest BCUT2D eigenvalue weighted by atomic mass is 9.88. The van der Waals surface area contributed by atoms with Gasteiger partial charge in [-0.25, -0.2) is 16.8 Å². The Bertz CT molecular complexity index is 950. The maximum absolute atomic E-state index is 13.0. The third-order valence-electron chi connectivity index (χ3n) is 3.87. The Labute approximate surface area is 165 Å². The molecule has 4 nitrogen and oxygen atoms in total. The van der Waals surface area contributed by atoms with Gasteiger partial charge in [-0.15, -0.1) is 0 Å². The molecule has 180 valence electrons. The minimum absolute atomic E-state index is 0.266. The Hall–Kier alpha value is -1.72. The second-order valence-electron chi connectivity index (χ2n) is 5.94. The number of hydrogen-bond donors (Lipinski definition) is 0. The number of alkyl halides is 12.